The fraction of sp³-hybridized carbons (Fsp3) is 0.714. The molecule has 0 aromatic carbocycles. The lowest BCUT2D eigenvalue weighted by Gasteiger charge is -2.24. The number of aryl methyl sites for hydroxylation is 1. The maximum absolute atomic E-state index is 12.0. The van der Waals surface area contributed by atoms with E-state index in [0.29, 0.717) is 12.1 Å². The molecule has 1 heterocycles. The number of methoxy groups -OCH3 is 1. The number of nitrogens with zero attached hydrogens (tertiary/aromatic N) is 2. The Kier molecular flexibility index (Phi) is 5.71. The average Bonchev–Trinajstić information content (AvgIpc) is 2.39. The SMILES string of the molecule is COCCC(C)(C)CNCc1cn(C)c(=O)n(C)c1=O. The van der Waals surface area contributed by atoms with Gasteiger partial charge in [0.05, 0.1) is 0 Å². The molecule has 0 aliphatic rings. The molecule has 0 saturated carbocycles. The van der Waals surface area contributed by atoms with Crippen LogP contribution in [0.5, 0.6) is 0 Å². The molecule has 0 aliphatic carbocycles. The Morgan fingerprint density at radius 1 is 1.30 bits per heavy atom. The summed E-state index contributed by atoms with van der Waals surface area (Å²) in [6, 6.07) is 0. The fourth-order valence-corrected chi connectivity index (χ4v) is 2.01. The number of hydrogen-bond donors (Lipinski definition) is 1. The highest BCUT2D eigenvalue weighted by Gasteiger charge is 2.17. The second-order valence-corrected chi connectivity index (χ2v) is 5.92. The molecule has 0 atom stereocenters. The molecule has 0 spiro atoms. The summed E-state index contributed by atoms with van der Waals surface area (Å²) in [4.78, 5) is 23.5. The Labute approximate surface area is 119 Å². The van der Waals surface area contributed by atoms with Crippen LogP contribution in [0.25, 0.3) is 0 Å². The lowest BCUT2D eigenvalue weighted by molar-refractivity contribution is 0.150. The normalized spacial score (nSPS) is 11.8. The van der Waals surface area contributed by atoms with Crippen molar-refractivity contribution in [2.24, 2.45) is 19.5 Å². The second kappa shape index (κ2) is 6.85. The van der Waals surface area contributed by atoms with Crippen LogP contribution in [-0.4, -0.2) is 29.4 Å². The summed E-state index contributed by atoms with van der Waals surface area (Å²) < 4.78 is 7.64. The summed E-state index contributed by atoms with van der Waals surface area (Å²) >= 11 is 0. The third-order valence-corrected chi connectivity index (χ3v) is 3.42. The molecule has 1 aromatic heterocycles. The third kappa shape index (κ3) is 4.31. The molecule has 1 N–H and O–H groups in total. The van der Waals surface area contributed by atoms with E-state index in [2.05, 4.69) is 19.2 Å². The molecule has 114 valence electrons. The Balaban J connectivity index is 2.68. The minimum atomic E-state index is -0.306. The first-order valence-electron chi connectivity index (χ1n) is 6.74. The second-order valence-electron chi connectivity index (χ2n) is 5.92. The number of rotatable bonds is 7. The van der Waals surface area contributed by atoms with Crippen LogP contribution < -0.4 is 16.6 Å². The van der Waals surface area contributed by atoms with Crippen molar-refractivity contribution in [2.75, 3.05) is 20.3 Å². The van der Waals surface area contributed by atoms with E-state index in [-0.39, 0.29) is 16.7 Å². The molecule has 0 saturated heterocycles. The molecule has 1 aromatic rings. The van der Waals surface area contributed by atoms with E-state index in [1.807, 2.05) is 0 Å². The van der Waals surface area contributed by atoms with Gasteiger partial charge in [0.2, 0.25) is 0 Å². The molecular weight excluding hydrogens is 258 g/mol. The molecule has 6 nitrogen and oxygen atoms in total. The highest BCUT2D eigenvalue weighted by molar-refractivity contribution is 5.05. The fourth-order valence-electron chi connectivity index (χ4n) is 2.01. The van der Waals surface area contributed by atoms with E-state index >= 15 is 0 Å². The predicted octanol–water partition coefficient (Wildman–Crippen LogP) is 0.236. The lowest BCUT2D eigenvalue weighted by Crippen LogP contribution is -2.40. The Morgan fingerprint density at radius 3 is 2.55 bits per heavy atom. The molecule has 20 heavy (non-hydrogen) atoms. The molecule has 0 unspecified atom stereocenters. The maximum atomic E-state index is 12.0. The van der Waals surface area contributed by atoms with Gasteiger partial charge >= 0.3 is 5.69 Å². The highest BCUT2D eigenvalue weighted by atomic mass is 16.5. The zero-order valence-electron chi connectivity index (χ0n) is 13.0. The molecule has 6 heteroatoms. The van der Waals surface area contributed by atoms with E-state index in [1.165, 1.54) is 11.6 Å². The van der Waals surface area contributed by atoms with Gasteiger partial charge in [-0.2, -0.15) is 0 Å². The van der Waals surface area contributed by atoms with Crippen LogP contribution in [0.1, 0.15) is 25.8 Å². The highest BCUT2D eigenvalue weighted by Crippen LogP contribution is 2.18. The van der Waals surface area contributed by atoms with Gasteiger partial charge in [-0.05, 0) is 11.8 Å². The van der Waals surface area contributed by atoms with Gasteiger partial charge in [-0.1, -0.05) is 13.8 Å². The minimum absolute atomic E-state index is 0.0991. The van der Waals surface area contributed by atoms with E-state index in [1.54, 1.807) is 20.4 Å². The summed E-state index contributed by atoms with van der Waals surface area (Å²) in [7, 11) is 4.84. The Morgan fingerprint density at radius 2 is 1.95 bits per heavy atom. The minimum Gasteiger partial charge on any atom is -0.385 e. The topological polar surface area (TPSA) is 65.3 Å². The summed E-state index contributed by atoms with van der Waals surface area (Å²) in [6.45, 7) is 6.26. The first-order valence-corrected chi connectivity index (χ1v) is 6.74. The Hall–Kier alpha value is -1.40. The van der Waals surface area contributed by atoms with Crippen LogP contribution in [0.3, 0.4) is 0 Å². The molecule has 0 radical (unpaired) electrons. The average molecular weight is 283 g/mol. The van der Waals surface area contributed by atoms with Crippen molar-refractivity contribution in [3.8, 4) is 0 Å². The van der Waals surface area contributed by atoms with Crippen molar-refractivity contribution >= 4 is 0 Å². The smallest absolute Gasteiger partial charge is 0.330 e. The summed E-state index contributed by atoms with van der Waals surface area (Å²) in [6.07, 6.45) is 2.54. The predicted molar refractivity (Wildman–Crippen MR) is 78.9 cm³/mol. The molecule has 1 rings (SSSR count). The summed E-state index contributed by atoms with van der Waals surface area (Å²) in [5.74, 6) is 0. The van der Waals surface area contributed by atoms with Crippen molar-refractivity contribution in [3.63, 3.8) is 0 Å². The van der Waals surface area contributed by atoms with Gasteiger partial charge in [0.15, 0.2) is 0 Å². The van der Waals surface area contributed by atoms with Crippen molar-refractivity contribution in [2.45, 2.75) is 26.8 Å². The number of nitrogens with one attached hydrogen (secondary N) is 1. The number of aromatic nitrogens is 2. The van der Waals surface area contributed by atoms with Gasteiger partial charge in [-0.25, -0.2) is 4.79 Å². The van der Waals surface area contributed by atoms with Crippen molar-refractivity contribution in [1.29, 1.82) is 0 Å². The quantitative estimate of drug-likeness (QED) is 0.778. The van der Waals surface area contributed by atoms with E-state index < -0.39 is 0 Å². The zero-order valence-corrected chi connectivity index (χ0v) is 13.0. The van der Waals surface area contributed by atoms with Crippen LogP contribution in [0, 0.1) is 5.41 Å². The van der Waals surface area contributed by atoms with E-state index in [4.69, 9.17) is 4.74 Å². The van der Waals surface area contributed by atoms with Crippen LogP contribution in [0.4, 0.5) is 0 Å². The van der Waals surface area contributed by atoms with E-state index in [9.17, 15) is 9.59 Å². The third-order valence-electron chi connectivity index (χ3n) is 3.42. The first kappa shape index (κ1) is 16.7. The van der Waals surface area contributed by atoms with Gasteiger partial charge in [-0.3, -0.25) is 9.36 Å². The van der Waals surface area contributed by atoms with Crippen molar-refractivity contribution in [1.82, 2.24) is 14.5 Å². The van der Waals surface area contributed by atoms with E-state index in [0.717, 1.165) is 24.1 Å². The van der Waals surface area contributed by atoms with Gasteiger partial charge in [0.1, 0.15) is 0 Å². The van der Waals surface area contributed by atoms with Crippen LogP contribution in [0.2, 0.25) is 0 Å². The van der Waals surface area contributed by atoms with Crippen molar-refractivity contribution in [3.05, 3.63) is 32.6 Å². The maximum Gasteiger partial charge on any atom is 0.330 e. The van der Waals surface area contributed by atoms with Crippen LogP contribution in [-0.2, 0) is 25.4 Å². The van der Waals surface area contributed by atoms with Gasteiger partial charge in [0.25, 0.3) is 5.56 Å². The monoisotopic (exact) mass is 283 g/mol. The number of hydrogen-bond acceptors (Lipinski definition) is 4. The van der Waals surface area contributed by atoms with Crippen molar-refractivity contribution < 1.29 is 4.74 Å². The number of ether oxygens (including phenoxy) is 1. The zero-order chi connectivity index (χ0) is 15.3. The van der Waals surface area contributed by atoms with Crippen LogP contribution >= 0.6 is 0 Å². The molecular formula is C14H25N3O3. The van der Waals surface area contributed by atoms with Gasteiger partial charge in [0, 0.05) is 52.7 Å². The lowest BCUT2D eigenvalue weighted by atomic mass is 9.90. The Bertz CT molecular complexity index is 558. The molecule has 0 fully saturated rings. The molecule has 0 amide bonds. The standard InChI is InChI=1S/C14H25N3O3/c1-14(2,6-7-20-5)10-15-8-11-9-16(3)13(19)17(4)12(11)18/h9,15H,6-8,10H2,1-5H3. The summed E-state index contributed by atoms with van der Waals surface area (Å²) in [5, 5.41) is 3.28. The first-order chi connectivity index (χ1) is 9.28. The van der Waals surface area contributed by atoms with Gasteiger partial charge < -0.3 is 14.6 Å². The largest absolute Gasteiger partial charge is 0.385 e. The summed E-state index contributed by atoms with van der Waals surface area (Å²) in [5.41, 5.74) is 0.147. The molecule has 0 bridgehead atoms. The van der Waals surface area contributed by atoms with Gasteiger partial charge in [-0.15, -0.1) is 0 Å². The van der Waals surface area contributed by atoms with Crippen LogP contribution in [0.15, 0.2) is 15.8 Å². The molecule has 0 aliphatic heterocycles.